The van der Waals surface area contributed by atoms with Crippen LogP contribution in [-0.2, 0) is 10.0 Å². The Labute approximate surface area is 108 Å². The van der Waals surface area contributed by atoms with Gasteiger partial charge in [0.25, 0.3) is 10.0 Å². The summed E-state index contributed by atoms with van der Waals surface area (Å²) in [5.74, 6) is 0.501. The Bertz CT molecular complexity index is 638. The van der Waals surface area contributed by atoms with E-state index in [4.69, 9.17) is 10.5 Å². The monoisotopic (exact) mass is 285 g/mol. The van der Waals surface area contributed by atoms with Crippen LogP contribution in [0.2, 0.25) is 0 Å². The minimum Gasteiger partial charge on any atom is -0.497 e. The first kappa shape index (κ1) is 12.7. The van der Waals surface area contributed by atoms with Gasteiger partial charge in [0.05, 0.1) is 12.8 Å². The summed E-state index contributed by atoms with van der Waals surface area (Å²) in [5.41, 5.74) is 5.82. The van der Waals surface area contributed by atoms with Crippen LogP contribution in [0.25, 0.3) is 0 Å². The maximum absolute atomic E-state index is 12.1. The van der Waals surface area contributed by atoms with E-state index in [0.29, 0.717) is 10.9 Å². The molecule has 3 N–H and O–H groups in total. The van der Waals surface area contributed by atoms with E-state index in [2.05, 4.69) is 9.71 Å². The third-order valence-electron chi connectivity index (χ3n) is 2.16. The van der Waals surface area contributed by atoms with Gasteiger partial charge in [0.1, 0.15) is 10.6 Å². The molecule has 1 aromatic carbocycles. The molecule has 0 fully saturated rings. The zero-order valence-corrected chi connectivity index (χ0v) is 11.1. The molecule has 6 nitrogen and oxygen atoms in total. The lowest BCUT2D eigenvalue weighted by Gasteiger charge is -2.09. The van der Waals surface area contributed by atoms with Crippen molar-refractivity contribution in [3.63, 3.8) is 0 Å². The Morgan fingerprint density at radius 2 is 2.22 bits per heavy atom. The lowest BCUT2D eigenvalue weighted by molar-refractivity contribution is 0.414. The lowest BCUT2D eigenvalue weighted by atomic mass is 10.3. The summed E-state index contributed by atoms with van der Waals surface area (Å²) in [6.07, 6.45) is 1.51. The molecule has 0 aliphatic rings. The fourth-order valence-corrected chi connectivity index (χ4v) is 3.24. The van der Waals surface area contributed by atoms with E-state index in [9.17, 15) is 8.42 Å². The van der Waals surface area contributed by atoms with Crippen LogP contribution in [0.1, 0.15) is 0 Å². The first-order valence-corrected chi connectivity index (χ1v) is 7.25. The molecule has 0 bridgehead atoms. The summed E-state index contributed by atoms with van der Waals surface area (Å²) in [6, 6.07) is 4.38. The van der Waals surface area contributed by atoms with Gasteiger partial charge in [-0.2, -0.15) is 0 Å². The van der Waals surface area contributed by atoms with Crippen LogP contribution in [0.4, 0.5) is 10.8 Å². The molecule has 0 unspecified atom stereocenters. The fraction of sp³-hybridized carbons (Fsp3) is 0.100. The average molecular weight is 285 g/mol. The minimum atomic E-state index is -3.72. The minimum absolute atomic E-state index is 0.00139. The van der Waals surface area contributed by atoms with E-state index in [1.165, 1.54) is 42.8 Å². The first-order valence-electron chi connectivity index (χ1n) is 4.89. The number of hydrogen-bond acceptors (Lipinski definition) is 6. The van der Waals surface area contributed by atoms with Crippen LogP contribution in [0.15, 0.2) is 34.7 Å². The summed E-state index contributed by atoms with van der Waals surface area (Å²) in [7, 11) is -2.24. The lowest BCUT2D eigenvalue weighted by Crippen LogP contribution is -2.14. The average Bonchev–Trinajstić information content (AvgIpc) is 2.80. The molecule has 0 saturated heterocycles. The maximum atomic E-state index is 12.1. The molecule has 8 heteroatoms. The van der Waals surface area contributed by atoms with Gasteiger partial charge in [-0.25, -0.2) is 13.4 Å². The van der Waals surface area contributed by atoms with Crippen molar-refractivity contribution in [3.8, 4) is 5.75 Å². The number of thiazole rings is 1. The van der Waals surface area contributed by atoms with Crippen LogP contribution < -0.4 is 15.2 Å². The number of aromatic nitrogens is 1. The fourth-order valence-electron chi connectivity index (χ4n) is 1.34. The van der Waals surface area contributed by atoms with E-state index in [1.807, 2.05) is 0 Å². The number of methoxy groups -OCH3 is 1. The third-order valence-corrected chi connectivity index (χ3v) is 4.39. The third kappa shape index (κ3) is 2.54. The van der Waals surface area contributed by atoms with E-state index < -0.39 is 10.0 Å². The van der Waals surface area contributed by atoms with Crippen molar-refractivity contribution in [2.24, 2.45) is 0 Å². The van der Waals surface area contributed by atoms with Gasteiger partial charge in [-0.05, 0) is 12.1 Å². The molecular weight excluding hydrogens is 274 g/mol. The van der Waals surface area contributed by atoms with Gasteiger partial charge in [0.15, 0.2) is 5.13 Å². The largest absolute Gasteiger partial charge is 0.497 e. The van der Waals surface area contributed by atoms with Gasteiger partial charge >= 0.3 is 0 Å². The highest BCUT2D eigenvalue weighted by molar-refractivity contribution is 7.93. The smallest absolute Gasteiger partial charge is 0.265 e. The molecule has 2 aromatic rings. The van der Waals surface area contributed by atoms with Gasteiger partial charge < -0.3 is 10.5 Å². The van der Waals surface area contributed by atoms with Crippen molar-refractivity contribution in [2.75, 3.05) is 17.6 Å². The van der Waals surface area contributed by atoms with Gasteiger partial charge in [0, 0.05) is 17.6 Å². The summed E-state index contributed by atoms with van der Waals surface area (Å²) in [4.78, 5) is 3.85. The number of anilines is 2. The van der Waals surface area contributed by atoms with Crippen LogP contribution >= 0.6 is 11.3 Å². The molecule has 1 aromatic heterocycles. The van der Waals surface area contributed by atoms with Crippen molar-refractivity contribution in [3.05, 3.63) is 29.8 Å². The zero-order valence-electron chi connectivity index (χ0n) is 9.45. The molecule has 0 aliphatic heterocycles. The Hall–Kier alpha value is -1.80. The molecule has 1 heterocycles. The summed E-state index contributed by atoms with van der Waals surface area (Å²) in [5, 5.41) is 1.97. The van der Waals surface area contributed by atoms with Crippen molar-refractivity contribution < 1.29 is 13.2 Å². The standard InChI is InChI=1S/C10H11N3O3S2/c1-16-7-2-3-9(8(11)6-7)18(14,15)13-10-12-4-5-17-10/h2-6H,11H2,1H3,(H,12,13). The Morgan fingerprint density at radius 1 is 1.44 bits per heavy atom. The second kappa shape index (κ2) is 4.83. The van der Waals surface area contributed by atoms with Gasteiger partial charge in [-0.1, -0.05) is 0 Å². The molecule has 96 valence electrons. The van der Waals surface area contributed by atoms with Crippen molar-refractivity contribution in [2.45, 2.75) is 4.90 Å². The molecule has 0 atom stereocenters. The number of hydrogen-bond donors (Lipinski definition) is 2. The normalized spacial score (nSPS) is 11.2. The predicted molar refractivity (Wildman–Crippen MR) is 70.3 cm³/mol. The second-order valence-corrected chi connectivity index (χ2v) is 5.89. The highest BCUT2D eigenvalue weighted by Crippen LogP contribution is 2.26. The highest BCUT2D eigenvalue weighted by Gasteiger charge is 2.18. The van der Waals surface area contributed by atoms with Gasteiger partial charge in [0.2, 0.25) is 0 Å². The maximum Gasteiger partial charge on any atom is 0.265 e. The molecule has 0 saturated carbocycles. The van der Waals surface area contributed by atoms with E-state index in [-0.39, 0.29) is 10.6 Å². The van der Waals surface area contributed by atoms with Crippen LogP contribution in [0.5, 0.6) is 5.75 Å². The number of rotatable bonds is 4. The van der Waals surface area contributed by atoms with Crippen molar-refractivity contribution in [1.82, 2.24) is 4.98 Å². The summed E-state index contributed by atoms with van der Waals surface area (Å²) < 4.78 is 31.4. The zero-order chi connectivity index (χ0) is 13.2. The number of ether oxygens (including phenoxy) is 1. The Kier molecular flexibility index (Phi) is 3.39. The SMILES string of the molecule is COc1ccc(S(=O)(=O)Nc2nccs2)c(N)c1. The molecule has 2 rings (SSSR count). The van der Waals surface area contributed by atoms with E-state index >= 15 is 0 Å². The van der Waals surface area contributed by atoms with Crippen LogP contribution in [0.3, 0.4) is 0 Å². The number of nitrogens with one attached hydrogen (secondary N) is 1. The summed E-state index contributed by atoms with van der Waals surface area (Å²) in [6.45, 7) is 0. The number of sulfonamides is 1. The van der Waals surface area contributed by atoms with E-state index in [0.717, 1.165) is 0 Å². The number of benzene rings is 1. The van der Waals surface area contributed by atoms with Crippen molar-refractivity contribution in [1.29, 1.82) is 0 Å². The molecule has 0 aliphatic carbocycles. The topological polar surface area (TPSA) is 94.3 Å². The molecular formula is C10H11N3O3S2. The van der Waals surface area contributed by atoms with Gasteiger partial charge in [-0.15, -0.1) is 11.3 Å². The number of nitrogen functional groups attached to an aromatic ring is 1. The quantitative estimate of drug-likeness (QED) is 0.831. The number of nitrogens with two attached hydrogens (primary N) is 1. The van der Waals surface area contributed by atoms with E-state index in [1.54, 1.807) is 5.38 Å². The molecule has 18 heavy (non-hydrogen) atoms. The first-order chi connectivity index (χ1) is 8.53. The molecule has 0 spiro atoms. The molecule has 0 radical (unpaired) electrons. The van der Waals surface area contributed by atoms with Gasteiger partial charge in [-0.3, -0.25) is 4.72 Å². The highest BCUT2D eigenvalue weighted by atomic mass is 32.2. The second-order valence-electron chi connectivity index (χ2n) is 3.35. The van der Waals surface area contributed by atoms with Crippen molar-refractivity contribution >= 4 is 32.2 Å². The van der Waals surface area contributed by atoms with Crippen LogP contribution in [-0.4, -0.2) is 20.5 Å². The predicted octanol–water partition coefficient (Wildman–Crippen LogP) is 1.53. The van der Waals surface area contributed by atoms with Crippen LogP contribution in [0, 0.1) is 0 Å². The number of nitrogens with zero attached hydrogens (tertiary/aromatic N) is 1. The molecule has 0 amide bonds. The summed E-state index contributed by atoms with van der Waals surface area (Å²) >= 11 is 1.19. The Balaban J connectivity index is 2.35. The Morgan fingerprint density at radius 3 is 2.78 bits per heavy atom.